The Kier molecular flexibility index (Phi) is 3.94. The van der Waals surface area contributed by atoms with E-state index in [4.69, 9.17) is 5.73 Å². The molecule has 0 radical (unpaired) electrons. The first-order chi connectivity index (χ1) is 7.45. The number of Topliss-reactive ketones (excluding diaryl/α,β-unsaturated/α-hetero) is 1. The molecule has 2 N–H and O–H groups in total. The summed E-state index contributed by atoms with van der Waals surface area (Å²) >= 11 is 0. The molecule has 4 nitrogen and oxygen atoms in total. The molecule has 7 heteroatoms. The van der Waals surface area contributed by atoms with Gasteiger partial charge in [-0.2, -0.15) is 13.2 Å². The smallest absolute Gasteiger partial charge is 0.330 e. The highest BCUT2D eigenvalue weighted by atomic mass is 19.4. The van der Waals surface area contributed by atoms with Gasteiger partial charge in [-0.25, -0.2) is 9.97 Å². The van der Waals surface area contributed by atoms with E-state index in [0.717, 1.165) is 12.4 Å². The maximum Gasteiger partial charge on any atom is 0.451 e. The van der Waals surface area contributed by atoms with Crippen molar-refractivity contribution >= 4 is 5.78 Å². The standard InChI is InChI=1S/C9H10F3N3O/c10-9(11,12)8-14-4-6(5-15-8)7(16)2-1-3-13/h4-5H,1-3,13H2. The minimum absolute atomic E-state index is 0.0708. The van der Waals surface area contributed by atoms with Gasteiger partial charge >= 0.3 is 6.18 Å². The number of hydrogen-bond acceptors (Lipinski definition) is 4. The number of nitrogens with two attached hydrogens (primary N) is 1. The van der Waals surface area contributed by atoms with Gasteiger partial charge in [-0.15, -0.1) is 0 Å². The molecule has 0 bridgehead atoms. The van der Waals surface area contributed by atoms with Crippen LogP contribution in [0.3, 0.4) is 0 Å². The van der Waals surface area contributed by atoms with Crippen molar-refractivity contribution in [3.05, 3.63) is 23.8 Å². The molecule has 0 aliphatic carbocycles. The van der Waals surface area contributed by atoms with E-state index in [0.29, 0.717) is 13.0 Å². The molecule has 16 heavy (non-hydrogen) atoms. The maximum absolute atomic E-state index is 12.1. The molecule has 1 aromatic rings. The Balaban J connectivity index is 2.75. The highest BCUT2D eigenvalue weighted by molar-refractivity contribution is 5.95. The van der Waals surface area contributed by atoms with Crippen LogP contribution in [0.1, 0.15) is 29.0 Å². The van der Waals surface area contributed by atoms with Crippen molar-refractivity contribution in [3.8, 4) is 0 Å². The molecule has 0 aliphatic heterocycles. The lowest BCUT2D eigenvalue weighted by Gasteiger charge is -2.04. The first-order valence-electron chi connectivity index (χ1n) is 4.57. The number of nitrogens with zero attached hydrogens (tertiary/aromatic N) is 2. The summed E-state index contributed by atoms with van der Waals surface area (Å²) in [5.74, 6) is -1.55. The van der Waals surface area contributed by atoms with Gasteiger partial charge in [0.25, 0.3) is 0 Å². The summed E-state index contributed by atoms with van der Waals surface area (Å²) in [6, 6.07) is 0. The zero-order chi connectivity index (χ0) is 12.2. The van der Waals surface area contributed by atoms with E-state index in [1.165, 1.54) is 0 Å². The summed E-state index contributed by atoms with van der Waals surface area (Å²) in [6.45, 7) is 0.354. The van der Waals surface area contributed by atoms with Gasteiger partial charge in [-0.1, -0.05) is 0 Å². The predicted molar refractivity (Wildman–Crippen MR) is 49.7 cm³/mol. The van der Waals surface area contributed by atoms with Crippen molar-refractivity contribution in [1.29, 1.82) is 0 Å². The number of hydrogen-bond donors (Lipinski definition) is 1. The van der Waals surface area contributed by atoms with Crippen LogP contribution in [0, 0.1) is 0 Å². The molecule has 1 heterocycles. The fourth-order valence-electron chi connectivity index (χ4n) is 1.03. The number of halogens is 3. The lowest BCUT2D eigenvalue weighted by atomic mass is 10.1. The molecule has 0 aromatic carbocycles. The minimum Gasteiger partial charge on any atom is -0.330 e. The molecule has 0 fully saturated rings. The lowest BCUT2D eigenvalue weighted by molar-refractivity contribution is -0.145. The minimum atomic E-state index is -4.58. The molecule has 88 valence electrons. The van der Waals surface area contributed by atoms with E-state index in [2.05, 4.69) is 9.97 Å². The zero-order valence-corrected chi connectivity index (χ0v) is 8.29. The summed E-state index contributed by atoms with van der Waals surface area (Å²) in [7, 11) is 0. The third-order valence-corrected chi connectivity index (χ3v) is 1.84. The van der Waals surface area contributed by atoms with Gasteiger partial charge in [0.2, 0.25) is 5.82 Å². The Labute approximate surface area is 89.7 Å². The third kappa shape index (κ3) is 3.27. The number of ketones is 1. The van der Waals surface area contributed by atoms with Crippen molar-refractivity contribution < 1.29 is 18.0 Å². The van der Waals surface area contributed by atoms with Gasteiger partial charge in [0.15, 0.2) is 5.78 Å². The fraction of sp³-hybridized carbons (Fsp3) is 0.444. The molecule has 1 rings (SSSR count). The number of rotatable bonds is 4. The van der Waals surface area contributed by atoms with Gasteiger partial charge in [-0.3, -0.25) is 4.79 Å². The first kappa shape index (κ1) is 12.6. The molecule has 0 spiro atoms. The van der Waals surface area contributed by atoms with Crippen LogP contribution in [0.5, 0.6) is 0 Å². The lowest BCUT2D eigenvalue weighted by Crippen LogP contribution is -2.12. The van der Waals surface area contributed by atoms with Crippen molar-refractivity contribution in [2.75, 3.05) is 6.54 Å². The monoisotopic (exact) mass is 233 g/mol. The van der Waals surface area contributed by atoms with Gasteiger partial charge in [0.1, 0.15) is 0 Å². The summed E-state index contributed by atoms with van der Waals surface area (Å²) in [5, 5.41) is 0. The van der Waals surface area contributed by atoms with Gasteiger partial charge < -0.3 is 5.73 Å². The molecule has 0 saturated carbocycles. The molecular weight excluding hydrogens is 223 g/mol. The second-order valence-electron chi connectivity index (χ2n) is 3.11. The Morgan fingerprint density at radius 2 is 1.88 bits per heavy atom. The van der Waals surface area contributed by atoms with Gasteiger partial charge in [-0.05, 0) is 13.0 Å². The van der Waals surface area contributed by atoms with E-state index >= 15 is 0 Å². The number of alkyl halides is 3. The molecule has 1 aromatic heterocycles. The molecular formula is C9H10F3N3O. The number of carbonyl (C=O) groups excluding carboxylic acids is 1. The second kappa shape index (κ2) is 5.02. The van der Waals surface area contributed by atoms with E-state index in [9.17, 15) is 18.0 Å². The number of carbonyl (C=O) groups is 1. The molecule has 0 aliphatic rings. The van der Waals surface area contributed by atoms with Crippen LogP contribution in [0.15, 0.2) is 12.4 Å². The van der Waals surface area contributed by atoms with Crippen LogP contribution in [0.2, 0.25) is 0 Å². The van der Waals surface area contributed by atoms with Crippen LogP contribution in [0.4, 0.5) is 13.2 Å². The summed E-state index contributed by atoms with van der Waals surface area (Å²) in [4.78, 5) is 17.5. The van der Waals surface area contributed by atoms with Crippen molar-refractivity contribution in [2.45, 2.75) is 19.0 Å². The van der Waals surface area contributed by atoms with Crippen LogP contribution >= 0.6 is 0 Å². The third-order valence-electron chi connectivity index (χ3n) is 1.84. The summed E-state index contributed by atoms with van der Waals surface area (Å²) < 4.78 is 36.3. The Hall–Kier alpha value is -1.50. The molecule has 0 amide bonds. The van der Waals surface area contributed by atoms with Gasteiger partial charge in [0.05, 0.1) is 5.56 Å². The van der Waals surface area contributed by atoms with Crippen molar-refractivity contribution in [3.63, 3.8) is 0 Å². The molecule has 0 saturated heterocycles. The Morgan fingerprint density at radius 1 is 1.31 bits per heavy atom. The Morgan fingerprint density at radius 3 is 2.31 bits per heavy atom. The van der Waals surface area contributed by atoms with Crippen molar-refractivity contribution in [2.24, 2.45) is 5.73 Å². The molecule has 0 unspecified atom stereocenters. The fourth-order valence-corrected chi connectivity index (χ4v) is 1.03. The summed E-state index contributed by atoms with van der Waals surface area (Å²) in [5.41, 5.74) is 5.27. The van der Waals surface area contributed by atoms with Crippen LogP contribution in [0.25, 0.3) is 0 Å². The first-order valence-corrected chi connectivity index (χ1v) is 4.57. The largest absolute Gasteiger partial charge is 0.451 e. The topological polar surface area (TPSA) is 68.9 Å². The van der Waals surface area contributed by atoms with Crippen LogP contribution in [-0.2, 0) is 6.18 Å². The van der Waals surface area contributed by atoms with E-state index < -0.39 is 12.0 Å². The molecule has 0 atom stereocenters. The van der Waals surface area contributed by atoms with Crippen molar-refractivity contribution in [1.82, 2.24) is 9.97 Å². The van der Waals surface area contributed by atoms with E-state index in [1.807, 2.05) is 0 Å². The normalized spacial score (nSPS) is 11.5. The Bertz CT molecular complexity index is 361. The SMILES string of the molecule is NCCCC(=O)c1cnc(C(F)(F)F)nc1. The maximum atomic E-state index is 12.1. The van der Waals surface area contributed by atoms with Crippen LogP contribution in [-0.4, -0.2) is 22.3 Å². The highest BCUT2D eigenvalue weighted by Gasteiger charge is 2.34. The highest BCUT2D eigenvalue weighted by Crippen LogP contribution is 2.25. The van der Waals surface area contributed by atoms with Crippen LogP contribution < -0.4 is 5.73 Å². The zero-order valence-electron chi connectivity index (χ0n) is 8.29. The van der Waals surface area contributed by atoms with E-state index in [1.54, 1.807) is 0 Å². The number of aromatic nitrogens is 2. The second-order valence-corrected chi connectivity index (χ2v) is 3.11. The predicted octanol–water partition coefficient (Wildman–Crippen LogP) is 1.42. The average Bonchev–Trinajstić information content (AvgIpc) is 2.25. The quantitative estimate of drug-likeness (QED) is 0.798. The summed E-state index contributed by atoms with van der Waals surface area (Å²) in [6.07, 6.45) is -2.15. The average molecular weight is 233 g/mol. The van der Waals surface area contributed by atoms with E-state index in [-0.39, 0.29) is 17.8 Å². The van der Waals surface area contributed by atoms with Gasteiger partial charge in [0, 0.05) is 18.8 Å².